The predicted octanol–water partition coefficient (Wildman–Crippen LogP) is 3.36. The van der Waals surface area contributed by atoms with Crippen LogP contribution in [0.5, 0.6) is 0 Å². The third kappa shape index (κ3) is 3.18. The summed E-state index contributed by atoms with van der Waals surface area (Å²) in [4.78, 5) is 29.2. The summed E-state index contributed by atoms with van der Waals surface area (Å²) in [5, 5.41) is 0. The van der Waals surface area contributed by atoms with Crippen molar-refractivity contribution in [2.45, 2.75) is 18.9 Å². The van der Waals surface area contributed by atoms with Gasteiger partial charge in [-0.3, -0.25) is 9.59 Å². The van der Waals surface area contributed by atoms with Crippen molar-refractivity contribution in [2.75, 3.05) is 6.54 Å². The van der Waals surface area contributed by atoms with Crippen LogP contribution in [0.1, 0.15) is 33.1 Å². The van der Waals surface area contributed by atoms with Gasteiger partial charge >= 0.3 is 0 Å². The van der Waals surface area contributed by atoms with Crippen molar-refractivity contribution in [2.24, 2.45) is 0 Å². The van der Waals surface area contributed by atoms with Crippen molar-refractivity contribution in [3.8, 4) is 0 Å². The number of carbonyl (C=O) groups excluding carboxylic acids is 1. The number of pyridine rings is 1. The molecular weight excluding hydrogens is 324 g/mol. The van der Waals surface area contributed by atoms with Crippen LogP contribution in [0.15, 0.2) is 77.7 Å². The van der Waals surface area contributed by atoms with Crippen LogP contribution in [-0.2, 0) is 12.8 Å². The number of rotatable bonds is 3. The van der Waals surface area contributed by atoms with E-state index in [2.05, 4.69) is 29.2 Å². The Morgan fingerprint density at radius 1 is 1.04 bits per heavy atom. The van der Waals surface area contributed by atoms with Crippen LogP contribution < -0.4 is 5.56 Å². The standard InChI is InChI=1S/C22H20N2O2/c25-21-15-18(10-12-23-21)22(26)24-13-11-17-8-4-5-9-19(17)20(24)14-16-6-2-1-3-7-16/h1-10,12,15,20H,11,13-14H2,(H,23,25)/t20-/m1/s1. The molecule has 26 heavy (non-hydrogen) atoms. The maximum atomic E-state index is 13.1. The molecule has 3 aromatic rings. The summed E-state index contributed by atoms with van der Waals surface area (Å²) in [7, 11) is 0. The summed E-state index contributed by atoms with van der Waals surface area (Å²) in [6.45, 7) is 0.653. The van der Waals surface area contributed by atoms with E-state index in [0.717, 1.165) is 12.8 Å². The van der Waals surface area contributed by atoms with Crippen molar-refractivity contribution in [3.63, 3.8) is 0 Å². The number of aromatic nitrogens is 1. The molecule has 0 saturated carbocycles. The first-order chi connectivity index (χ1) is 12.7. The molecule has 2 heterocycles. The second kappa shape index (κ2) is 7.00. The van der Waals surface area contributed by atoms with Crippen molar-refractivity contribution >= 4 is 5.91 Å². The monoisotopic (exact) mass is 344 g/mol. The number of amides is 1. The van der Waals surface area contributed by atoms with Gasteiger partial charge in [0, 0.05) is 24.4 Å². The molecular formula is C22H20N2O2. The number of aromatic amines is 1. The fourth-order valence-corrected chi connectivity index (χ4v) is 3.70. The zero-order chi connectivity index (χ0) is 17.9. The van der Waals surface area contributed by atoms with Crippen LogP contribution >= 0.6 is 0 Å². The molecule has 4 heteroatoms. The lowest BCUT2D eigenvalue weighted by Gasteiger charge is -2.37. The number of nitrogens with zero attached hydrogens (tertiary/aromatic N) is 1. The van der Waals surface area contributed by atoms with Crippen LogP contribution in [0.3, 0.4) is 0 Å². The van der Waals surface area contributed by atoms with Gasteiger partial charge in [0.2, 0.25) is 5.56 Å². The van der Waals surface area contributed by atoms with Gasteiger partial charge in [-0.15, -0.1) is 0 Å². The Morgan fingerprint density at radius 3 is 2.62 bits per heavy atom. The average Bonchev–Trinajstić information content (AvgIpc) is 2.68. The molecule has 0 unspecified atom stereocenters. The number of nitrogens with one attached hydrogen (secondary N) is 1. The van der Waals surface area contributed by atoms with E-state index in [-0.39, 0.29) is 17.5 Å². The topological polar surface area (TPSA) is 53.2 Å². The third-order valence-electron chi connectivity index (χ3n) is 4.97. The molecule has 1 aliphatic heterocycles. The molecule has 0 bridgehead atoms. The number of H-pyrrole nitrogens is 1. The van der Waals surface area contributed by atoms with E-state index in [4.69, 9.17) is 0 Å². The van der Waals surface area contributed by atoms with Gasteiger partial charge in [-0.1, -0.05) is 54.6 Å². The van der Waals surface area contributed by atoms with Crippen LogP contribution in [0.4, 0.5) is 0 Å². The Bertz CT molecular complexity index is 978. The van der Waals surface area contributed by atoms with E-state index < -0.39 is 0 Å². The Balaban J connectivity index is 1.73. The van der Waals surface area contributed by atoms with Gasteiger partial charge in [-0.2, -0.15) is 0 Å². The summed E-state index contributed by atoms with van der Waals surface area (Å²) in [5.74, 6) is -0.0912. The van der Waals surface area contributed by atoms with Crippen molar-refractivity contribution in [1.29, 1.82) is 0 Å². The second-order valence-electron chi connectivity index (χ2n) is 6.59. The van der Waals surface area contributed by atoms with Gasteiger partial charge in [0.25, 0.3) is 5.91 Å². The lowest BCUT2D eigenvalue weighted by molar-refractivity contribution is 0.0659. The first-order valence-corrected chi connectivity index (χ1v) is 8.84. The largest absolute Gasteiger partial charge is 0.331 e. The highest BCUT2D eigenvalue weighted by Gasteiger charge is 2.31. The van der Waals surface area contributed by atoms with E-state index >= 15 is 0 Å². The highest BCUT2D eigenvalue weighted by molar-refractivity contribution is 5.94. The molecule has 0 radical (unpaired) electrons. The molecule has 1 atom stereocenters. The third-order valence-corrected chi connectivity index (χ3v) is 4.97. The summed E-state index contributed by atoms with van der Waals surface area (Å²) in [6.07, 6.45) is 3.11. The molecule has 4 rings (SSSR count). The van der Waals surface area contributed by atoms with E-state index in [1.54, 1.807) is 6.07 Å². The first kappa shape index (κ1) is 16.3. The molecule has 1 aliphatic rings. The van der Waals surface area contributed by atoms with Gasteiger partial charge in [-0.25, -0.2) is 0 Å². The fraction of sp³-hybridized carbons (Fsp3) is 0.182. The van der Waals surface area contributed by atoms with E-state index in [1.807, 2.05) is 35.2 Å². The van der Waals surface area contributed by atoms with E-state index in [1.165, 1.54) is 29.0 Å². The lowest BCUT2D eigenvalue weighted by Crippen LogP contribution is -2.41. The molecule has 1 aromatic heterocycles. The number of hydrogen-bond acceptors (Lipinski definition) is 2. The van der Waals surface area contributed by atoms with Crippen LogP contribution in [-0.4, -0.2) is 22.3 Å². The Morgan fingerprint density at radius 2 is 1.81 bits per heavy atom. The Labute approximate surface area is 152 Å². The SMILES string of the molecule is O=C(c1cc[nH]c(=O)c1)N1CCc2ccccc2[C@H]1Cc1ccccc1. The van der Waals surface area contributed by atoms with Crippen molar-refractivity contribution < 1.29 is 4.79 Å². The van der Waals surface area contributed by atoms with E-state index in [0.29, 0.717) is 12.1 Å². The van der Waals surface area contributed by atoms with Gasteiger partial charge in [-0.05, 0) is 35.6 Å². The maximum absolute atomic E-state index is 13.1. The molecule has 0 spiro atoms. The highest BCUT2D eigenvalue weighted by atomic mass is 16.2. The van der Waals surface area contributed by atoms with Crippen LogP contribution in [0, 0.1) is 0 Å². The zero-order valence-electron chi connectivity index (χ0n) is 14.4. The Kier molecular flexibility index (Phi) is 4.40. The van der Waals surface area contributed by atoms with Gasteiger partial charge in [0.15, 0.2) is 0 Å². The minimum Gasteiger partial charge on any atom is -0.331 e. The lowest BCUT2D eigenvalue weighted by atomic mass is 9.88. The molecule has 130 valence electrons. The van der Waals surface area contributed by atoms with Gasteiger partial charge < -0.3 is 9.88 Å². The van der Waals surface area contributed by atoms with Gasteiger partial charge in [0.05, 0.1) is 6.04 Å². The second-order valence-corrected chi connectivity index (χ2v) is 6.59. The summed E-state index contributed by atoms with van der Waals surface area (Å²) in [5.41, 5.74) is 3.86. The summed E-state index contributed by atoms with van der Waals surface area (Å²) >= 11 is 0. The molecule has 0 fully saturated rings. The summed E-state index contributed by atoms with van der Waals surface area (Å²) < 4.78 is 0. The van der Waals surface area contributed by atoms with E-state index in [9.17, 15) is 9.59 Å². The molecule has 1 N–H and O–H groups in total. The van der Waals surface area contributed by atoms with Crippen LogP contribution in [0.25, 0.3) is 0 Å². The Hall–Kier alpha value is -3.14. The molecule has 2 aromatic carbocycles. The normalized spacial score (nSPS) is 16.2. The average molecular weight is 344 g/mol. The fourth-order valence-electron chi connectivity index (χ4n) is 3.70. The number of hydrogen-bond donors (Lipinski definition) is 1. The number of fused-ring (bicyclic) bond motifs is 1. The van der Waals surface area contributed by atoms with Crippen molar-refractivity contribution in [3.05, 3.63) is 106 Å². The molecule has 0 aliphatic carbocycles. The number of carbonyl (C=O) groups is 1. The summed E-state index contributed by atoms with van der Waals surface area (Å²) in [6, 6.07) is 21.6. The molecule has 1 amide bonds. The van der Waals surface area contributed by atoms with Crippen molar-refractivity contribution in [1.82, 2.24) is 9.88 Å². The minimum atomic E-state index is -0.257. The minimum absolute atomic E-state index is 0.0332. The number of benzene rings is 2. The van der Waals surface area contributed by atoms with Crippen LogP contribution in [0.2, 0.25) is 0 Å². The smallest absolute Gasteiger partial charge is 0.254 e. The quantitative estimate of drug-likeness (QED) is 0.792. The zero-order valence-corrected chi connectivity index (χ0v) is 14.4. The maximum Gasteiger partial charge on any atom is 0.254 e. The predicted molar refractivity (Wildman–Crippen MR) is 101 cm³/mol. The highest BCUT2D eigenvalue weighted by Crippen LogP contribution is 2.33. The molecule has 4 nitrogen and oxygen atoms in total. The first-order valence-electron chi connectivity index (χ1n) is 8.84. The molecule has 0 saturated heterocycles. The van der Waals surface area contributed by atoms with Gasteiger partial charge in [0.1, 0.15) is 0 Å².